The van der Waals surface area contributed by atoms with Gasteiger partial charge in [0, 0.05) is 5.56 Å². The second kappa shape index (κ2) is 5.24. The van der Waals surface area contributed by atoms with Crippen molar-refractivity contribution in [3.05, 3.63) is 70.0 Å². The van der Waals surface area contributed by atoms with Crippen molar-refractivity contribution >= 4 is 5.78 Å². The summed E-state index contributed by atoms with van der Waals surface area (Å²) in [6.45, 7) is 0. The van der Waals surface area contributed by atoms with Crippen LogP contribution in [0.5, 0.6) is 0 Å². The van der Waals surface area contributed by atoms with Gasteiger partial charge >= 0.3 is 17.8 Å². The molecule has 1 nitrogen and oxygen atoms in total. The fourth-order valence-corrected chi connectivity index (χ4v) is 2.69. The number of ketones is 1. The number of halogens is 9. The Morgan fingerprint density at radius 1 is 0.692 bits per heavy atom. The number of carbonyl (C=O) groups excluding carboxylic acids is 1. The summed E-state index contributed by atoms with van der Waals surface area (Å²) in [5.74, 6) is -27.7. The number of alkyl halides is 6. The average molecular weight is 384 g/mol. The molecule has 0 heterocycles. The van der Waals surface area contributed by atoms with Crippen molar-refractivity contribution in [3.8, 4) is 0 Å². The molecule has 2 aromatic carbocycles. The summed E-state index contributed by atoms with van der Waals surface area (Å²) in [6.07, 6.45) is 0. The van der Waals surface area contributed by atoms with Gasteiger partial charge in [-0.2, -0.15) is 26.3 Å². The molecule has 2 aromatic rings. The van der Waals surface area contributed by atoms with Gasteiger partial charge in [0.1, 0.15) is 5.82 Å². The minimum atomic E-state index is -6.22. The summed E-state index contributed by atoms with van der Waals surface area (Å²) in [5.41, 5.74) is -7.98. The maximum Gasteiger partial charge on any atom is 0.380 e. The molecule has 0 fully saturated rings. The summed E-state index contributed by atoms with van der Waals surface area (Å²) in [7, 11) is 0. The predicted molar refractivity (Wildman–Crippen MR) is 68.9 cm³/mol. The summed E-state index contributed by atoms with van der Waals surface area (Å²) in [5, 5.41) is 0. The van der Waals surface area contributed by atoms with Crippen LogP contribution in [0.25, 0.3) is 0 Å². The number of carbonyl (C=O) groups is 1. The number of rotatable bonds is 2. The van der Waals surface area contributed by atoms with Crippen LogP contribution in [0.15, 0.2) is 30.3 Å². The lowest BCUT2D eigenvalue weighted by molar-refractivity contribution is -0.303. The second-order valence-corrected chi connectivity index (χ2v) is 5.49. The Morgan fingerprint density at radius 3 is 1.65 bits per heavy atom. The van der Waals surface area contributed by atoms with Gasteiger partial charge in [-0.15, -0.1) is 0 Å². The van der Waals surface area contributed by atoms with Gasteiger partial charge in [0.2, 0.25) is 0 Å². The minimum Gasteiger partial charge on any atom is -0.288 e. The lowest BCUT2D eigenvalue weighted by Crippen LogP contribution is -2.43. The fraction of sp³-hybridized carbons (Fsp3) is 0.188. The lowest BCUT2D eigenvalue weighted by atomic mass is 9.96. The first-order valence-electron chi connectivity index (χ1n) is 6.82. The van der Waals surface area contributed by atoms with Crippen molar-refractivity contribution in [1.29, 1.82) is 0 Å². The van der Waals surface area contributed by atoms with Crippen molar-refractivity contribution in [2.24, 2.45) is 0 Å². The minimum absolute atomic E-state index is 0.496. The third kappa shape index (κ3) is 1.98. The monoisotopic (exact) mass is 384 g/mol. The van der Waals surface area contributed by atoms with Gasteiger partial charge in [0.25, 0.3) is 0 Å². The molecule has 3 rings (SSSR count). The van der Waals surface area contributed by atoms with E-state index < -0.39 is 63.3 Å². The number of fused-ring (bicyclic) bond motifs is 1. The first-order chi connectivity index (χ1) is 11.9. The molecule has 0 saturated heterocycles. The van der Waals surface area contributed by atoms with Crippen LogP contribution >= 0.6 is 0 Å². The SMILES string of the molecule is O=C(c1ccccc1)c1c(F)c(F)c2c(c1F)C(F)(F)C(F)(F)C2(F)F. The van der Waals surface area contributed by atoms with E-state index in [1.807, 2.05) is 0 Å². The molecule has 0 bridgehead atoms. The first kappa shape index (κ1) is 18.3. The third-order valence-corrected chi connectivity index (χ3v) is 4.00. The van der Waals surface area contributed by atoms with E-state index in [-0.39, 0.29) is 0 Å². The Hall–Kier alpha value is -2.52. The van der Waals surface area contributed by atoms with Gasteiger partial charge in [-0.3, -0.25) is 4.79 Å². The zero-order valence-corrected chi connectivity index (χ0v) is 12.2. The van der Waals surface area contributed by atoms with E-state index in [0.29, 0.717) is 0 Å². The van der Waals surface area contributed by atoms with Crippen LogP contribution in [0.2, 0.25) is 0 Å². The summed E-state index contributed by atoms with van der Waals surface area (Å²) in [6, 6.07) is 5.76. The molecule has 0 radical (unpaired) electrons. The standard InChI is InChI=1S/C16H5F9O/c17-10-7(13(26)6-4-2-1-3-5-6)11(18)12(19)9-8(10)14(20,21)16(24,25)15(9,22)23/h1-5H. The van der Waals surface area contributed by atoms with Crippen molar-refractivity contribution in [2.45, 2.75) is 17.8 Å². The molecule has 1 aliphatic rings. The Morgan fingerprint density at radius 2 is 1.15 bits per heavy atom. The van der Waals surface area contributed by atoms with Gasteiger partial charge in [0.15, 0.2) is 17.4 Å². The fourth-order valence-electron chi connectivity index (χ4n) is 2.69. The van der Waals surface area contributed by atoms with Crippen LogP contribution < -0.4 is 0 Å². The van der Waals surface area contributed by atoms with Crippen LogP contribution in [0.1, 0.15) is 27.0 Å². The molecular formula is C16H5F9O. The Bertz CT molecular complexity index is 919. The highest BCUT2D eigenvalue weighted by molar-refractivity contribution is 6.09. The average Bonchev–Trinajstić information content (AvgIpc) is 2.68. The highest BCUT2D eigenvalue weighted by Crippen LogP contribution is 2.64. The van der Waals surface area contributed by atoms with Crippen LogP contribution in [0, 0.1) is 17.5 Å². The van der Waals surface area contributed by atoms with Crippen molar-refractivity contribution in [3.63, 3.8) is 0 Å². The summed E-state index contributed by atoms with van der Waals surface area (Å²) >= 11 is 0. The van der Waals surface area contributed by atoms with Crippen molar-refractivity contribution in [2.75, 3.05) is 0 Å². The molecule has 0 saturated carbocycles. The third-order valence-electron chi connectivity index (χ3n) is 4.00. The lowest BCUT2D eigenvalue weighted by Gasteiger charge is -2.23. The van der Waals surface area contributed by atoms with Crippen LogP contribution in [0.3, 0.4) is 0 Å². The van der Waals surface area contributed by atoms with E-state index in [0.717, 1.165) is 12.1 Å². The first-order valence-corrected chi connectivity index (χ1v) is 6.82. The zero-order valence-electron chi connectivity index (χ0n) is 12.2. The molecule has 0 unspecified atom stereocenters. The van der Waals surface area contributed by atoms with E-state index in [2.05, 4.69) is 0 Å². The molecule has 138 valence electrons. The molecule has 0 N–H and O–H groups in total. The number of hydrogen-bond donors (Lipinski definition) is 0. The molecule has 0 atom stereocenters. The quantitative estimate of drug-likeness (QED) is 0.397. The van der Waals surface area contributed by atoms with E-state index >= 15 is 0 Å². The maximum atomic E-state index is 14.4. The largest absolute Gasteiger partial charge is 0.380 e. The van der Waals surface area contributed by atoms with E-state index in [4.69, 9.17) is 0 Å². The Kier molecular flexibility index (Phi) is 3.69. The van der Waals surface area contributed by atoms with Crippen LogP contribution in [0.4, 0.5) is 39.5 Å². The molecule has 26 heavy (non-hydrogen) atoms. The topological polar surface area (TPSA) is 17.1 Å². The smallest absolute Gasteiger partial charge is 0.288 e. The van der Waals surface area contributed by atoms with Crippen LogP contribution in [-0.4, -0.2) is 11.7 Å². The zero-order chi connectivity index (χ0) is 19.7. The molecule has 0 amide bonds. The van der Waals surface area contributed by atoms with Gasteiger partial charge in [-0.05, 0) is 0 Å². The van der Waals surface area contributed by atoms with E-state index in [9.17, 15) is 44.3 Å². The molecule has 0 spiro atoms. The van der Waals surface area contributed by atoms with Gasteiger partial charge in [-0.1, -0.05) is 30.3 Å². The molecular weight excluding hydrogens is 379 g/mol. The Labute approximate surface area is 139 Å². The molecule has 1 aliphatic carbocycles. The van der Waals surface area contributed by atoms with Crippen molar-refractivity contribution < 1.29 is 44.3 Å². The van der Waals surface area contributed by atoms with Gasteiger partial charge in [-0.25, -0.2) is 13.2 Å². The number of benzene rings is 2. The van der Waals surface area contributed by atoms with Crippen molar-refractivity contribution in [1.82, 2.24) is 0 Å². The number of hydrogen-bond acceptors (Lipinski definition) is 1. The normalized spacial score (nSPS) is 19.3. The highest BCUT2D eigenvalue weighted by atomic mass is 19.3. The van der Waals surface area contributed by atoms with Gasteiger partial charge < -0.3 is 0 Å². The molecule has 0 aromatic heterocycles. The predicted octanol–water partition coefficient (Wildman–Crippen LogP) is 5.17. The van der Waals surface area contributed by atoms with E-state index in [1.54, 1.807) is 0 Å². The summed E-state index contributed by atoms with van der Waals surface area (Å²) in [4.78, 5) is 12.1. The highest BCUT2D eigenvalue weighted by Gasteiger charge is 2.81. The molecule has 10 heteroatoms. The van der Waals surface area contributed by atoms with Gasteiger partial charge in [0.05, 0.1) is 16.7 Å². The maximum absolute atomic E-state index is 14.4. The Balaban J connectivity index is 2.39. The van der Waals surface area contributed by atoms with E-state index in [1.165, 1.54) is 18.2 Å². The van der Waals surface area contributed by atoms with Crippen LogP contribution in [-0.2, 0) is 11.8 Å². The summed E-state index contributed by atoms with van der Waals surface area (Å²) < 4.78 is 124. The second-order valence-electron chi connectivity index (χ2n) is 5.49. The molecule has 0 aliphatic heterocycles.